The summed E-state index contributed by atoms with van der Waals surface area (Å²) in [5.41, 5.74) is 0. The van der Waals surface area contributed by atoms with E-state index in [4.69, 9.17) is 14.5 Å². The molecular weight excluding hydrogens is 505 g/mol. The molecule has 1 unspecified atom stereocenters. The lowest BCUT2D eigenvalue weighted by molar-refractivity contribution is 0.0323. The quantitative estimate of drug-likeness (QED) is 0.292. The minimum Gasteiger partial charge on any atom is -0.492 e. The molecule has 0 aromatic heterocycles. The molecule has 0 radical (unpaired) electrons. The Morgan fingerprint density at radius 3 is 2.45 bits per heavy atom. The average Bonchev–Trinajstić information content (AvgIpc) is 2.79. The highest BCUT2D eigenvalue weighted by molar-refractivity contribution is 14.0. The van der Waals surface area contributed by atoms with Gasteiger partial charge in [0.15, 0.2) is 5.96 Å². The number of hydrogen-bond acceptors (Lipinski definition) is 5. The van der Waals surface area contributed by atoms with Gasteiger partial charge in [-0.2, -0.15) is 0 Å². The van der Waals surface area contributed by atoms with Crippen LogP contribution in [0.15, 0.2) is 35.3 Å². The lowest BCUT2D eigenvalue weighted by Crippen LogP contribution is -2.53. The van der Waals surface area contributed by atoms with E-state index in [1.807, 2.05) is 30.3 Å². The molecule has 1 atom stereocenters. The lowest BCUT2D eigenvalue weighted by atomic mass is 10.1. The van der Waals surface area contributed by atoms with Crippen LogP contribution in [0.4, 0.5) is 0 Å². The van der Waals surface area contributed by atoms with E-state index in [-0.39, 0.29) is 24.0 Å². The molecule has 0 spiro atoms. The summed E-state index contributed by atoms with van der Waals surface area (Å²) < 4.78 is 11.3. The molecule has 0 aliphatic carbocycles. The first-order chi connectivity index (χ1) is 14.7. The summed E-state index contributed by atoms with van der Waals surface area (Å²) in [5.74, 6) is 2.56. The highest BCUT2D eigenvalue weighted by Gasteiger charge is 2.20. The Kier molecular flexibility index (Phi) is 12.5. The van der Waals surface area contributed by atoms with E-state index in [0.29, 0.717) is 5.92 Å². The summed E-state index contributed by atoms with van der Waals surface area (Å²) in [5, 5.41) is 3.49. The van der Waals surface area contributed by atoms with E-state index in [9.17, 15) is 0 Å². The van der Waals surface area contributed by atoms with Crippen molar-refractivity contribution in [2.75, 3.05) is 85.3 Å². The van der Waals surface area contributed by atoms with Crippen molar-refractivity contribution in [3.05, 3.63) is 30.3 Å². The predicted octanol–water partition coefficient (Wildman–Crippen LogP) is 2.23. The monoisotopic (exact) mass is 545 g/mol. The SMILES string of the molecule is CCNC(=NCC(C)CN1CCOCC1)N1CCN(CCOc2ccccc2)CC1.I. The molecule has 1 aromatic rings. The molecule has 31 heavy (non-hydrogen) atoms. The lowest BCUT2D eigenvalue weighted by Gasteiger charge is -2.36. The van der Waals surface area contributed by atoms with Crippen LogP contribution in [0.1, 0.15) is 13.8 Å². The van der Waals surface area contributed by atoms with Crippen LogP contribution in [0, 0.1) is 5.92 Å². The van der Waals surface area contributed by atoms with E-state index >= 15 is 0 Å². The van der Waals surface area contributed by atoms with Gasteiger partial charge < -0.3 is 19.7 Å². The summed E-state index contributed by atoms with van der Waals surface area (Å²) in [4.78, 5) is 12.3. The van der Waals surface area contributed by atoms with Gasteiger partial charge in [-0.15, -0.1) is 24.0 Å². The number of hydrogen-bond donors (Lipinski definition) is 1. The normalized spacial score (nSPS) is 19.5. The molecule has 0 saturated carbocycles. The molecule has 2 heterocycles. The molecule has 1 aromatic carbocycles. The largest absolute Gasteiger partial charge is 0.492 e. The second-order valence-electron chi connectivity index (χ2n) is 8.20. The van der Waals surface area contributed by atoms with Crippen molar-refractivity contribution in [3.8, 4) is 5.75 Å². The third-order valence-corrected chi connectivity index (χ3v) is 5.65. The molecule has 2 aliphatic rings. The summed E-state index contributed by atoms with van der Waals surface area (Å²) >= 11 is 0. The van der Waals surface area contributed by atoms with Crippen LogP contribution in [0.25, 0.3) is 0 Å². The van der Waals surface area contributed by atoms with Crippen LogP contribution < -0.4 is 10.1 Å². The summed E-state index contributed by atoms with van der Waals surface area (Å²) in [7, 11) is 0. The van der Waals surface area contributed by atoms with Gasteiger partial charge in [0.05, 0.1) is 13.2 Å². The smallest absolute Gasteiger partial charge is 0.194 e. The molecule has 3 rings (SSSR count). The van der Waals surface area contributed by atoms with Crippen molar-refractivity contribution in [1.29, 1.82) is 0 Å². The molecule has 8 heteroatoms. The van der Waals surface area contributed by atoms with E-state index in [2.05, 4.69) is 33.9 Å². The third-order valence-electron chi connectivity index (χ3n) is 5.65. The Hall–Kier alpha value is -1.10. The number of nitrogens with one attached hydrogen (secondary N) is 1. The number of benzene rings is 1. The van der Waals surface area contributed by atoms with Crippen molar-refractivity contribution >= 4 is 29.9 Å². The maximum Gasteiger partial charge on any atom is 0.194 e. The molecule has 2 saturated heterocycles. The minimum atomic E-state index is 0. The number of para-hydroxylation sites is 1. The fourth-order valence-electron chi connectivity index (χ4n) is 3.94. The van der Waals surface area contributed by atoms with Crippen LogP contribution in [0.3, 0.4) is 0 Å². The maximum absolute atomic E-state index is 5.85. The number of morpholine rings is 1. The second kappa shape index (κ2) is 14.9. The summed E-state index contributed by atoms with van der Waals surface area (Å²) in [6.07, 6.45) is 0. The van der Waals surface area contributed by atoms with Crippen LogP contribution in [-0.4, -0.2) is 106 Å². The van der Waals surface area contributed by atoms with Gasteiger partial charge >= 0.3 is 0 Å². The van der Waals surface area contributed by atoms with Gasteiger partial charge in [0.1, 0.15) is 12.4 Å². The molecule has 2 aliphatic heterocycles. The van der Waals surface area contributed by atoms with Crippen molar-refractivity contribution in [2.24, 2.45) is 10.9 Å². The zero-order valence-electron chi connectivity index (χ0n) is 19.2. The predicted molar refractivity (Wildman–Crippen MR) is 138 cm³/mol. The number of nitrogens with zero attached hydrogens (tertiary/aromatic N) is 4. The van der Waals surface area contributed by atoms with Crippen LogP contribution in [-0.2, 0) is 4.74 Å². The van der Waals surface area contributed by atoms with Gasteiger partial charge in [0.25, 0.3) is 0 Å². The van der Waals surface area contributed by atoms with Gasteiger partial charge in [0, 0.05) is 65.4 Å². The zero-order valence-corrected chi connectivity index (χ0v) is 21.5. The average molecular weight is 546 g/mol. The fourth-order valence-corrected chi connectivity index (χ4v) is 3.94. The van der Waals surface area contributed by atoms with Crippen molar-refractivity contribution in [2.45, 2.75) is 13.8 Å². The van der Waals surface area contributed by atoms with E-state index in [1.165, 1.54) is 0 Å². The van der Waals surface area contributed by atoms with Gasteiger partial charge in [-0.25, -0.2) is 0 Å². The van der Waals surface area contributed by atoms with Crippen molar-refractivity contribution in [1.82, 2.24) is 20.0 Å². The number of aliphatic imine (C=N–C) groups is 1. The zero-order chi connectivity index (χ0) is 21.0. The van der Waals surface area contributed by atoms with E-state index in [1.54, 1.807) is 0 Å². The third kappa shape index (κ3) is 9.51. The Morgan fingerprint density at radius 2 is 1.77 bits per heavy atom. The first-order valence-electron chi connectivity index (χ1n) is 11.5. The second-order valence-corrected chi connectivity index (χ2v) is 8.20. The molecule has 176 valence electrons. The highest BCUT2D eigenvalue weighted by atomic mass is 127. The van der Waals surface area contributed by atoms with Gasteiger partial charge in [0.2, 0.25) is 0 Å². The topological polar surface area (TPSA) is 52.6 Å². The fraction of sp³-hybridized carbons (Fsp3) is 0.696. The Bertz CT molecular complexity index is 620. The van der Waals surface area contributed by atoms with Gasteiger partial charge in [-0.1, -0.05) is 25.1 Å². The Labute approximate surface area is 205 Å². The van der Waals surface area contributed by atoms with Crippen LogP contribution in [0.5, 0.6) is 5.75 Å². The van der Waals surface area contributed by atoms with Gasteiger partial charge in [-0.3, -0.25) is 14.8 Å². The van der Waals surface area contributed by atoms with Crippen LogP contribution in [0.2, 0.25) is 0 Å². The highest BCUT2D eigenvalue weighted by Crippen LogP contribution is 2.09. The number of guanidine groups is 1. The number of rotatable bonds is 9. The van der Waals surface area contributed by atoms with E-state index < -0.39 is 0 Å². The Morgan fingerprint density at radius 1 is 1.06 bits per heavy atom. The summed E-state index contributed by atoms with van der Waals surface area (Å²) in [6.45, 7) is 16.9. The standard InChI is InChI=1S/C23H39N5O2.HI/c1-3-24-23(25-19-21(2)20-27-13-16-29-17-14-27)28-11-9-26(10-12-28)15-18-30-22-7-5-4-6-8-22;/h4-8,21H,3,9-20H2,1-2H3,(H,24,25);1H. The Balaban J connectivity index is 0.00000341. The van der Waals surface area contributed by atoms with Gasteiger partial charge in [-0.05, 0) is 25.0 Å². The number of halogens is 1. The molecule has 7 nitrogen and oxygen atoms in total. The van der Waals surface area contributed by atoms with E-state index in [0.717, 1.165) is 97.0 Å². The minimum absolute atomic E-state index is 0. The molecular formula is C23H40IN5O2. The maximum atomic E-state index is 5.85. The van der Waals surface area contributed by atoms with Crippen LogP contribution >= 0.6 is 24.0 Å². The molecule has 0 bridgehead atoms. The number of ether oxygens (including phenoxy) is 2. The first kappa shape index (κ1) is 26.2. The molecule has 1 N–H and O–H groups in total. The molecule has 2 fully saturated rings. The van der Waals surface area contributed by atoms with Crippen molar-refractivity contribution in [3.63, 3.8) is 0 Å². The molecule has 0 amide bonds. The van der Waals surface area contributed by atoms with Crippen molar-refractivity contribution < 1.29 is 9.47 Å². The first-order valence-corrected chi connectivity index (χ1v) is 11.5. The number of piperazine rings is 1. The summed E-state index contributed by atoms with van der Waals surface area (Å²) in [6, 6.07) is 10.1.